The van der Waals surface area contributed by atoms with Crippen molar-refractivity contribution in [2.45, 2.75) is 110 Å². The van der Waals surface area contributed by atoms with Crippen LogP contribution in [0.2, 0.25) is 0 Å². The number of hydrogen-bond acceptors (Lipinski definition) is 30. The molecule has 0 heterocycles. The number of carboxylic acid groups (broad SMARTS) is 12. The summed E-state index contributed by atoms with van der Waals surface area (Å²) in [6.45, 7) is 0. The largest absolute Gasteiger partial charge is 3.00 e. The Kier molecular flexibility index (Phi) is 35.3. The SMILES string of the molecule is NC(CC(=O)[O-])(CC(=O)[O-])C(N)(CC(=O)[O-])CC(=O)[O-].NC(CC(=O)[O-])(CC(=O)[O-])C(N)(CC(=O)[O-])CC(=O)[O-].NC(CC(=O)[O-])(CC(=O)[O-])C(N)(CC(=O)[O-])CC(=O)[O-].[Fe+3].[Fe+3].[Fe+3].[Fe+3]. The Hall–Kier alpha value is -4.52. The topological polar surface area (TPSA) is 638 Å². The molecule has 362 valence electrons. The summed E-state index contributed by atoms with van der Waals surface area (Å²) in [6.07, 6.45) is -14.2. The normalized spacial score (nSPS) is 11.2. The minimum Gasteiger partial charge on any atom is -0.550 e. The third-order valence-electron chi connectivity index (χ3n) is 8.49. The van der Waals surface area contributed by atoms with Crippen LogP contribution in [0.15, 0.2) is 0 Å². The standard InChI is InChI=1S/3C10H16N2O8.4Fe/c3*11-9(1-5(13)14,2-6(15)16)10(12,3-7(17)18)4-8(19)20;;;;/h3*1-4,11-12H2,(H,13,14)(H,15,16)(H,17,18)(H,19,20);;;;/q;;;4*+3/p-12. The fourth-order valence-electron chi connectivity index (χ4n) is 5.58. The molecule has 0 aliphatic carbocycles. The summed E-state index contributed by atoms with van der Waals surface area (Å²) in [7, 11) is 0. The van der Waals surface area contributed by atoms with E-state index in [1.54, 1.807) is 0 Å². The maximum atomic E-state index is 10.6. The van der Waals surface area contributed by atoms with Crippen LogP contribution in [0.4, 0.5) is 0 Å². The molecule has 12 N–H and O–H groups in total. The van der Waals surface area contributed by atoms with E-state index in [-0.39, 0.29) is 68.3 Å². The minimum atomic E-state index is -2.43. The molecule has 34 heteroatoms. The van der Waals surface area contributed by atoms with Gasteiger partial charge in [0.05, 0.1) is 0 Å². The first kappa shape index (κ1) is 73.9. The molecule has 0 bridgehead atoms. The zero-order valence-corrected chi connectivity index (χ0v) is 36.6. The number of nitrogens with two attached hydrogens (primary N) is 6. The number of carbonyl (C=O) groups is 12. The fourth-order valence-corrected chi connectivity index (χ4v) is 5.58. The summed E-state index contributed by atoms with van der Waals surface area (Å²) in [5.41, 5.74) is 18.6. The van der Waals surface area contributed by atoms with Crippen molar-refractivity contribution in [1.82, 2.24) is 0 Å². The Morgan fingerprint density at radius 3 is 0.281 bits per heavy atom. The van der Waals surface area contributed by atoms with Crippen molar-refractivity contribution in [1.29, 1.82) is 0 Å². The van der Waals surface area contributed by atoms with Gasteiger partial charge >= 0.3 is 68.3 Å². The summed E-state index contributed by atoms with van der Waals surface area (Å²) < 4.78 is 0. The van der Waals surface area contributed by atoms with Crippen molar-refractivity contribution < 1.29 is 187 Å². The van der Waals surface area contributed by atoms with E-state index in [1.165, 1.54) is 0 Å². The summed E-state index contributed by atoms with van der Waals surface area (Å²) in [4.78, 5) is 128. The Morgan fingerprint density at radius 1 is 0.203 bits per heavy atom. The second kappa shape index (κ2) is 30.6. The van der Waals surface area contributed by atoms with Crippen LogP contribution < -0.4 is 95.7 Å². The van der Waals surface area contributed by atoms with Gasteiger partial charge in [-0.05, 0) is 0 Å². The number of hydrogen-bond donors (Lipinski definition) is 6. The quantitative estimate of drug-likeness (QED) is 0.0416. The van der Waals surface area contributed by atoms with Gasteiger partial charge < -0.3 is 153 Å². The van der Waals surface area contributed by atoms with Gasteiger partial charge in [0, 0.05) is 182 Å². The van der Waals surface area contributed by atoms with Crippen LogP contribution in [0.25, 0.3) is 0 Å². The molecule has 0 aliphatic rings. The van der Waals surface area contributed by atoms with Gasteiger partial charge in [-0.25, -0.2) is 0 Å². The Bertz CT molecular complexity index is 1290. The summed E-state index contributed by atoms with van der Waals surface area (Å²) >= 11 is 0. The predicted octanol–water partition coefficient (Wildman–Crippen LogP) is -21.2. The molecule has 0 saturated carbocycles. The second-order valence-electron chi connectivity index (χ2n) is 13.5. The van der Waals surface area contributed by atoms with Crippen molar-refractivity contribution in [3.05, 3.63) is 0 Å². The summed E-state index contributed by atoms with van der Waals surface area (Å²) in [5, 5.41) is 128. The van der Waals surface area contributed by atoms with Gasteiger partial charge in [0.15, 0.2) is 0 Å². The molecular formula is C30H36Fe4N6O24. The molecule has 4 radical (unpaired) electrons. The smallest absolute Gasteiger partial charge is 0.550 e. The minimum absolute atomic E-state index is 0. The van der Waals surface area contributed by atoms with Crippen molar-refractivity contribution in [3.63, 3.8) is 0 Å². The number of carbonyl (C=O) groups excluding carboxylic acids is 12. The average molecular weight is 1090 g/mol. The van der Waals surface area contributed by atoms with E-state index in [0.717, 1.165) is 0 Å². The molecule has 0 saturated heterocycles. The van der Waals surface area contributed by atoms with Crippen LogP contribution >= 0.6 is 0 Å². The number of rotatable bonds is 27. The van der Waals surface area contributed by atoms with Gasteiger partial charge in [-0.15, -0.1) is 0 Å². The molecule has 0 aromatic rings. The van der Waals surface area contributed by atoms with Crippen molar-refractivity contribution >= 4 is 71.6 Å². The molecule has 0 spiro atoms. The van der Waals surface area contributed by atoms with Crippen LogP contribution in [0.3, 0.4) is 0 Å². The van der Waals surface area contributed by atoms with Crippen molar-refractivity contribution in [2.75, 3.05) is 0 Å². The van der Waals surface area contributed by atoms with Crippen LogP contribution in [-0.4, -0.2) is 105 Å². The summed E-state index contributed by atoms with van der Waals surface area (Å²) in [5.74, 6) is -22.0. The van der Waals surface area contributed by atoms with Crippen LogP contribution in [0.5, 0.6) is 0 Å². The Balaban J connectivity index is -0.000000148. The van der Waals surface area contributed by atoms with Crippen LogP contribution in [0.1, 0.15) is 77.0 Å². The molecule has 0 aliphatic heterocycles. The monoisotopic (exact) mass is 1090 g/mol. The van der Waals surface area contributed by atoms with E-state index in [9.17, 15) is 119 Å². The van der Waals surface area contributed by atoms with Gasteiger partial charge in [-0.1, -0.05) is 0 Å². The molecule has 0 aromatic heterocycles. The average Bonchev–Trinajstić information content (AvgIpc) is 2.92. The van der Waals surface area contributed by atoms with E-state index >= 15 is 0 Å². The number of aliphatic carboxylic acids is 12. The van der Waals surface area contributed by atoms with Gasteiger partial charge in [0.2, 0.25) is 0 Å². The second-order valence-corrected chi connectivity index (χ2v) is 13.5. The van der Waals surface area contributed by atoms with Crippen LogP contribution in [-0.2, 0) is 126 Å². The predicted molar refractivity (Wildman–Crippen MR) is 157 cm³/mol. The molecule has 0 fully saturated rings. The van der Waals surface area contributed by atoms with E-state index in [1.807, 2.05) is 0 Å². The van der Waals surface area contributed by atoms with E-state index in [2.05, 4.69) is 0 Å². The van der Waals surface area contributed by atoms with Gasteiger partial charge in [-0.2, -0.15) is 0 Å². The first-order valence-corrected chi connectivity index (χ1v) is 15.9. The van der Waals surface area contributed by atoms with Gasteiger partial charge in [0.1, 0.15) is 0 Å². The van der Waals surface area contributed by atoms with Gasteiger partial charge in [0.25, 0.3) is 0 Å². The third kappa shape index (κ3) is 27.0. The molecule has 30 nitrogen and oxygen atoms in total. The maximum absolute atomic E-state index is 10.6. The molecule has 0 unspecified atom stereocenters. The van der Waals surface area contributed by atoms with Crippen molar-refractivity contribution in [3.8, 4) is 0 Å². The fraction of sp³-hybridized carbons (Fsp3) is 0.600. The molecule has 0 atom stereocenters. The molecule has 64 heavy (non-hydrogen) atoms. The van der Waals surface area contributed by atoms with Gasteiger partial charge in [-0.3, -0.25) is 0 Å². The van der Waals surface area contributed by atoms with Crippen molar-refractivity contribution in [2.24, 2.45) is 34.4 Å². The maximum Gasteiger partial charge on any atom is 3.00 e. The molecule has 0 rings (SSSR count). The van der Waals surface area contributed by atoms with E-state index in [4.69, 9.17) is 34.4 Å². The van der Waals surface area contributed by atoms with E-state index < -0.39 is 182 Å². The Morgan fingerprint density at radius 2 is 0.250 bits per heavy atom. The zero-order valence-electron chi connectivity index (χ0n) is 32.2. The van der Waals surface area contributed by atoms with E-state index in [0.29, 0.717) is 0 Å². The molecular weight excluding hydrogens is 1050 g/mol. The first-order valence-electron chi connectivity index (χ1n) is 15.9. The Labute approximate surface area is 401 Å². The summed E-state index contributed by atoms with van der Waals surface area (Å²) in [6, 6.07) is 0. The molecule has 0 amide bonds. The zero-order chi connectivity index (χ0) is 48.4. The third-order valence-corrected chi connectivity index (χ3v) is 8.49. The molecule has 0 aromatic carbocycles. The first-order chi connectivity index (χ1) is 26.7. The van der Waals surface area contributed by atoms with Crippen LogP contribution in [0, 0.1) is 0 Å². The number of carboxylic acids is 12.